The number of ether oxygens (including phenoxy) is 3. The summed E-state index contributed by atoms with van der Waals surface area (Å²) in [5.74, 6) is -0.486. The van der Waals surface area contributed by atoms with Gasteiger partial charge in [0.15, 0.2) is 0 Å². The van der Waals surface area contributed by atoms with Crippen LogP contribution in [0.3, 0.4) is 0 Å². The van der Waals surface area contributed by atoms with E-state index in [1.54, 1.807) is 7.11 Å². The van der Waals surface area contributed by atoms with Crippen molar-refractivity contribution in [1.82, 2.24) is 4.72 Å². The molecule has 2 aromatic rings. The van der Waals surface area contributed by atoms with Crippen LogP contribution in [-0.2, 0) is 32.3 Å². The number of fused-ring (bicyclic) bond motifs is 1. The van der Waals surface area contributed by atoms with Gasteiger partial charge in [-0.3, -0.25) is 0 Å². The Balaban J connectivity index is 1.85. The summed E-state index contributed by atoms with van der Waals surface area (Å²) in [4.78, 5) is 11.7. The lowest BCUT2D eigenvalue weighted by atomic mass is 10.0. The molecule has 0 aliphatic heterocycles. The Kier molecular flexibility index (Phi) is 5.74. The molecule has 0 fully saturated rings. The molecule has 0 aromatic heterocycles. The van der Waals surface area contributed by atoms with Gasteiger partial charge in [-0.1, -0.05) is 24.3 Å². The quantitative estimate of drug-likeness (QED) is 0.708. The smallest absolute Gasteiger partial charge is 0.337 e. The third-order valence-electron chi connectivity index (χ3n) is 5.04. The van der Waals surface area contributed by atoms with Crippen LogP contribution >= 0.6 is 0 Å². The molecule has 1 N–H and O–H groups in total. The first kappa shape index (κ1) is 20.3. The molecule has 0 saturated carbocycles. The largest absolute Gasteiger partial charge is 0.495 e. The van der Waals surface area contributed by atoms with Crippen molar-refractivity contribution in [3.63, 3.8) is 0 Å². The molecule has 0 unspecified atom stereocenters. The molecule has 0 bridgehead atoms. The number of carbonyl (C=O) groups is 1. The van der Waals surface area contributed by atoms with E-state index in [1.807, 2.05) is 24.3 Å². The Morgan fingerprint density at radius 2 is 1.71 bits per heavy atom. The first-order valence-electron chi connectivity index (χ1n) is 8.72. The van der Waals surface area contributed by atoms with Crippen molar-refractivity contribution >= 4 is 16.0 Å². The number of sulfonamides is 1. The second-order valence-corrected chi connectivity index (χ2v) is 8.43. The third-order valence-corrected chi connectivity index (χ3v) is 6.46. The number of carbonyl (C=O) groups excluding carboxylic acids is 1. The first-order valence-corrected chi connectivity index (χ1v) is 10.2. The number of hydrogen-bond donors (Lipinski definition) is 1. The summed E-state index contributed by atoms with van der Waals surface area (Å²) in [7, 11) is 0.236. The Labute approximate surface area is 164 Å². The maximum absolute atomic E-state index is 13.0. The number of methoxy groups -OCH3 is 3. The summed E-state index contributed by atoms with van der Waals surface area (Å²) in [5.41, 5.74) is 1.75. The van der Waals surface area contributed by atoms with E-state index in [-0.39, 0.29) is 22.8 Å². The molecule has 0 saturated heterocycles. The summed E-state index contributed by atoms with van der Waals surface area (Å²) in [5, 5.41) is 0. The third kappa shape index (κ3) is 3.89. The van der Waals surface area contributed by atoms with E-state index in [0.29, 0.717) is 12.8 Å². The van der Waals surface area contributed by atoms with Crippen molar-refractivity contribution in [3.05, 3.63) is 59.2 Å². The van der Waals surface area contributed by atoms with E-state index in [9.17, 15) is 13.2 Å². The van der Waals surface area contributed by atoms with E-state index in [2.05, 4.69) is 9.46 Å². The van der Waals surface area contributed by atoms with Crippen molar-refractivity contribution in [3.8, 4) is 5.75 Å². The molecule has 0 amide bonds. The Hall–Kier alpha value is -2.42. The average Bonchev–Trinajstić information content (AvgIpc) is 3.10. The molecule has 3 rings (SSSR count). The summed E-state index contributed by atoms with van der Waals surface area (Å²) in [6.45, 7) is 0.0894. The van der Waals surface area contributed by atoms with Gasteiger partial charge in [0.25, 0.3) is 0 Å². The van der Waals surface area contributed by atoms with E-state index in [4.69, 9.17) is 9.47 Å². The summed E-state index contributed by atoms with van der Waals surface area (Å²) in [6, 6.07) is 12.1. The van der Waals surface area contributed by atoms with E-state index in [0.717, 1.165) is 11.1 Å². The number of nitrogens with one attached hydrogen (secondary N) is 1. The lowest BCUT2D eigenvalue weighted by molar-refractivity contribution is 0.00377. The van der Waals surface area contributed by atoms with Gasteiger partial charge in [-0.05, 0) is 29.3 Å². The molecule has 0 radical (unpaired) electrons. The van der Waals surface area contributed by atoms with Crippen LogP contribution in [0.2, 0.25) is 0 Å². The predicted octanol–water partition coefficient (Wildman–Crippen LogP) is 1.94. The van der Waals surface area contributed by atoms with Crippen molar-refractivity contribution in [2.24, 2.45) is 0 Å². The monoisotopic (exact) mass is 405 g/mol. The summed E-state index contributed by atoms with van der Waals surface area (Å²) >= 11 is 0. The SMILES string of the molecule is COC(=O)c1ccc(OC)c(S(=O)(=O)NCC2(OC)Cc3ccccc3C2)c1. The van der Waals surface area contributed by atoms with Gasteiger partial charge in [0.05, 0.1) is 25.4 Å². The maximum Gasteiger partial charge on any atom is 0.337 e. The Bertz CT molecular complexity index is 961. The number of hydrogen-bond acceptors (Lipinski definition) is 6. The van der Waals surface area contributed by atoms with Gasteiger partial charge in [0, 0.05) is 26.5 Å². The molecule has 0 heterocycles. The molecule has 1 aliphatic rings. The minimum Gasteiger partial charge on any atom is -0.495 e. The zero-order valence-corrected chi connectivity index (χ0v) is 16.8. The van der Waals surface area contributed by atoms with Crippen LogP contribution < -0.4 is 9.46 Å². The molecule has 150 valence electrons. The minimum atomic E-state index is -3.95. The topological polar surface area (TPSA) is 90.9 Å². The first-order chi connectivity index (χ1) is 13.3. The zero-order chi connectivity index (χ0) is 20.4. The van der Waals surface area contributed by atoms with E-state index < -0.39 is 21.6 Å². The van der Waals surface area contributed by atoms with Gasteiger partial charge in [-0.15, -0.1) is 0 Å². The lowest BCUT2D eigenvalue weighted by Gasteiger charge is -2.28. The standard InChI is InChI=1S/C20H23NO6S/c1-25-17-9-8-14(19(22)26-2)10-18(17)28(23,24)21-13-20(27-3)11-15-6-4-5-7-16(15)12-20/h4-10,21H,11-13H2,1-3H3. The Morgan fingerprint density at radius 3 is 2.25 bits per heavy atom. The van der Waals surface area contributed by atoms with E-state index in [1.165, 1.54) is 32.4 Å². The average molecular weight is 405 g/mol. The second-order valence-electron chi connectivity index (χ2n) is 6.69. The number of benzene rings is 2. The molecule has 7 nitrogen and oxygen atoms in total. The van der Waals surface area contributed by atoms with Gasteiger partial charge in [0.1, 0.15) is 10.6 Å². The molecular weight excluding hydrogens is 382 g/mol. The van der Waals surface area contributed by atoms with E-state index >= 15 is 0 Å². The van der Waals surface area contributed by atoms with Crippen LogP contribution in [0.25, 0.3) is 0 Å². The van der Waals surface area contributed by atoms with Gasteiger partial charge < -0.3 is 14.2 Å². The van der Waals surface area contributed by atoms with Gasteiger partial charge in [-0.2, -0.15) is 0 Å². The fourth-order valence-electron chi connectivity index (χ4n) is 3.44. The second kappa shape index (κ2) is 7.90. The highest BCUT2D eigenvalue weighted by molar-refractivity contribution is 7.89. The van der Waals surface area contributed by atoms with Crippen molar-refractivity contribution < 1.29 is 27.4 Å². The summed E-state index contributed by atoms with van der Waals surface area (Å²) < 4.78 is 44.1. The van der Waals surface area contributed by atoms with Crippen LogP contribution in [0.15, 0.2) is 47.4 Å². The normalized spacial score (nSPS) is 15.1. The van der Waals surface area contributed by atoms with Gasteiger partial charge in [0.2, 0.25) is 10.0 Å². The van der Waals surface area contributed by atoms with Gasteiger partial charge in [-0.25, -0.2) is 17.9 Å². The molecule has 1 aliphatic carbocycles. The highest BCUT2D eigenvalue weighted by Gasteiger charge is 2.38. The molecule has 0 atom stereocenters. The summed E-state index contributed by atoms with van der Waals surface area (Å²) in [6.07, 6.45) is 1.23. The van der Waals surface area contributed by atoms with Crippen LogP contribution in [0.4, 0.5) is 0 Å². The molecular formula is C20H23NO6S. The van der Waals surface area contributed by atoms with Crippen LogP contribution in [0.5, 0.6) is 5.75 Å². The maximum atomic E-state index is 13.0. The van der Waals surface area contributed by atoms with Gasteiger partial charge >= 0.3 is 5.97 Å². The predicted molar refractivity (Wildman–Crippen MR) is 103 cm³/mol. The lowest BCUT2D eigenvalue weighted by Crippen LogP contribution is -2.45. The number of rotatable bonds is 7. The minimum absolute atomic E-state index is 0.0894. The highest BCUT2D eigenvalue weighted by Crippen LogP contribution is 2.33. The molecule has 2 aromatic carbocycles. The van der Waals surface area contributed by atoms with Crippen molar-refractivity contribution in [1.29, 1.82) is 0 Å². The van der Waals surface area contributed by atoms with Crippen LogP contribution in [0.1, 0.15) is 21.5 Å². The van der Waals surface area contributed by atoms with Crippen LogP contribution in [-0.4, -0.2) is 47.9 Å². The van der Waals surface area contributed by atoms with Crippen LogP contribution in [0, 0.1) is 0 Å². The highest BCUT2D eigenvalue weighted by atomic mass is 32.2. The fourth-order valence-corrected chi connectivity index (χ4v) is 4.74. The fraction of sp³-hybridized carbons (Fsp3) is 0.350. The molecule has 0 spiro atoms. The zero-order valence-electron chi connectivity index (χ0n) is 16.0. The van der Waals surface area contributed by atoms with Crippen molar-refractivity contribution in [2.45, 2.75) is 23.3 Å². The van der Waals surface area contributed by atoms with Crippen molar-refractivity contribution in [2.75, 3.05) is 27.9 Å². The molecule has 28 heavy (non-hydrogen) atoms. The molecule has 8 heteroatoms. The Morgan fingerprint density at radius 1 is 1.07 bits per heavy atom. The number of esters is 1.